The van der Waals surface area contributed by atoms with Crippen LogP contribution in [0.25, 0.3) is 10.9 Å². The Morgan fingerprint density at radius 1 is 1.31 bits per heavy atom. The summed E-state index contributed by atoms with van der Waals surface area (Å²) in [5.74, 6) is -1.40. The Balaban J connectivity index is 1.59. The summed E-state index contributed by atoms with van der Waals surface area (Å²) in [6.45, 7) is -0.291. The zero-order valence-electron chi connectivity index (χ0n) is 13.9. The van der Waals surface area contributed by atoms with Gasteiger partial charge in [0.05, 0.1) is 10.9 Å². The summed E-state index contributed by atoms with van der Waals surface area (Å²) in [5.41, 5.74) is 0.530. The van der Waals surface area contributed by atoms with Crippen molar-refractivity contribution >= 4 is 28.4 Å². The molecule has 0 bridgehead atoms. The fourth-order valence-corrected chi connectivity index (χ4v) is 3.47. The predicted octanol–water partition coefficient (Wildman–Crippen LogP) is 4.50. The summed E-state index contributed by atoms with van der Waals surface area (Å²) in [7, 11) is 0. The van der Waals surface area contributed by atoms with Crippen LogP contribution in [-0.2, 0) is 4.79 Å². The summed E-state index contributed by atoms with van der Waals surface area (Å²) in [4.78, 5) is 16.3. The van der Waals surface area contributed by atoms with Crippen molar-refractivity contribution in [3.63, 3.8) is 0 Å². The minimum Gasteiger partial charge on any atom is -0.481 e. The van der Waals surface area contributed by atoms with Crippen LogP contribution in [0.1, 0.15) is 25.7 Å². The van der Waals surface area contributed by atoms with Crippen LogP contribution in [0, 0.1) is 5.92 Å². The molecule has 1 aromatic carbocycles. The first-order chi connectivity index (χ1) is 12.3. The topological polar surface area (TPSA) is 51.2 Å². The average Bonchev–Trinajstić information content (AvgIpc) is 2.61. The normalized spacial score (nSPS) is 20.8. The molecule has 1 fully saturated rings. The highest BCUT2D eigenvalue weighted by Gasteiger charge is 2.42. The molecule has 2 atom stereocenters. The lowest BCUT2D eigenvalue weighted by molar-refractivity contribution is -0.184. The van der Waals surface area contributed by atoms with E-state index < -0.39 is 24.0 Å². The van der Waals surface area contributed by atoms with Gasteiger partial charge in [0.15, 0.2) is 6.61 Å². The van der Waals surface area contributed by atoms with Gasteiger partial charge in [0.2, 0.25) is 0 Å². The quantitative estimate of drug-likeness (QED) is 0.841. The number of aromatic nitrogens is 1. The maximum absolute atomic E-state index is 12.8. The zero-order chi connectivity index (χ0) is 18.7. The molecular formula is C18H18ClF3N2O2. The highest BCUT2D eigenvalue weighted by atomic mass is 35.5. The molecular weight excluding hydrogens is 369 g/mol. The third-order valence-electron chi connectivity index (χ3n) is 4.54. The molecule has 2 aromatic rings. The number of amides is 1. The molecule has 1 amide bonds. The fraction of sp³-hybridized carbons (Fsp3) is 0.444. The van der Waals surface area contributed by atoms with E-state index >= 15 is 0 Å². The second-order valence-electron chi connectivity index (χ2n) is 6.40. The van der Waals surface area contributed by atoms with Gasteiger partial charge in [-0.15, -0.1) is 0 Å². The van der Waals surface area contributed by atoms with Gasteiger partial charge < -0.3 is 10.1 Å². The number of nitrogens with one attached hydrogen (secondary N) is 1. The molecule has 1 saturated carbocycles. The Labute approximate surface area is 153 Å². The van der Waals surface area contributed by atoms with E-state index in [2.05, 4.69) is 10.3 Å². The predicted molar refractivity (Wildman–Crippen MR) is 92.2 cm³/mol. The summed E-state index contributed by atoms with van der Waals surface area (Å²) >= 11 is 6.10. The van der Waals surface area contributed by atoms with Gasteiger partial charge in [-0.25, -0.2) is 0 Å². The second kappa shape index (κ2) is 7.70. The highest BCUT2D eigenvalue weighted by molar-refractivity contribution is 6.35. The molecule has 26 heavy (non-hydrogen) atoms. The molecule has 8 heteroatoms. The van der Waals surface area contributed by atoms with E-state index in [1.807, 2.05) is 0 Å². The molecule has 2 unspecified atom stereocenters. The van der Waals surface area contributed by atoms with Crippen LogP contribution in [0.3, 0.4) is 0 Å². The van der Waals surface area contributed by atoms with E-state index in [0.29, 0.717) is 34.5 Å². The first-order valence-corrected chi connectivity index (χ1v) is 8.74. The lowest BCUT2D eigenvalue weighted by Crippen LogP contribution is -2.43. The number of nitrogens with zero attached hydrogens (tertiary/aromatic N) is 1. The zero-order valence-corrected chi connectivity index (χ0v) is 14.6. The number of hydrogen-bond acceptors (Lipinski definition) is 3. The van der Waals surface area contributed by atoms with Gasteiger partial charge in [0.1, 0.15) is 11.3 Å². The SMILES string of the molecule is O=C(COc1ccc(Cl)c2cccnc12)NC1CCCC(C(F)(F)F)C1. The van der Waals surface area contributed by atoms with E-state index in [1.165, 1.54) is 0 Å². The maximum atomic E-state index is 12.8. The minimum absolute atomic E-state index is 0.0827. The van der Waals surface area contributed by atoms with E-state index in [9.17, 15) is 18.0 Å². The second-order valence-corrected chi connectivity index (χ2v) is 6.81. The van der Waals surface area contributed by atoms with Crippen molar-refractivity contribution in [2.75, 3.05) is 6.61 Å². The molecule has 1 N–H and O–H groups in total. The van der Waals surface area contributed by atoms with Crippen LogP contribution in [0.5, 0.6) is 5.75 Å². The number of carbonyl (C=O) groups is 1. The Morgan fingerprint density at radius 2 is 2.12 bits per heavy atom. The van der Waals surface area contributed by atoms with Crippen molar-refractivity contribution in [1.29, 1.82) is 0 Å². The standard InChI is InChI=1S/C18H18ClF3N2O2/c19-14-6-7-15(17-13(14)5-2-8-23-17)26-10-16(25)24-12-4-1-3-11(9-12)18(20,21)22/h2,5-8,11-12H,1,3-4,9-10H2,(H,24,25). The van der Waals surface area contributed by atoms with Crippen LogP contribution < -0.4 is 10.1 Å². The third-order valence-corrected chi connectivity index (χ3v) is 4.87. The van der Waals surface area contributed by atoms with Crippen LogP contribution in [0.15, 0.2) is 30.5 Å². The van der Waals surface area contributed by atoms with Crippen molar-refractivity contribution in [1.82, 2.24) is 10.3 Å². The van der Waals surface area contributed by atoms with E-state index in [0.717, 1.165) is 0 Å². The first kappa shape index (κ1) is 18.8. The number of rotatable bonds is 4. The highest BCUT2D eigenvalue weighted by Crippen LogP contribution is 2.37. The maximum Gasteiger partial charge on any atom is 0.391 e. The molecule has 1 heterocycles. The summed E-state index contributed by atoms with van der Waals surface area (Å²) in [6.07, 6.45) is -1.60. The van der Waals surface area contributed by atoms with Crippen LogP contribution in [-0.4, -0.2) is 29.7 Å². The Bertz CT molecular complexity index is 798. The molecule has 4 nitrogen and oxygen atoms in total. The lowest BCUT2D eigenvalue weighted by Gasteiger charge is -2.31. The average molecular weight is 387 g/mol. The summed E-state index contributed by atoms with van der Waals surface area (Å²) < 4.78 is 44.1. The molecule has 0 saturated heterocycles. The molecule has 1 aliphatic carbocycles. The third kappa shape index (κ3) is 4.38. The molecule has 1 aliphatic rings. The molecule has 140 valence electrons. The number of fused-ring (bicyclic) bond motifs is 1. The minimum atomic E-state index is -4.21. The lowest BCUT2D eigenvalue weighted by atomic mass is 9.85. The van der Waals surface area contributed by atoms with Crippen LogP contribution in [0.4, 0.5) is 13.2 Å². The van der Waals surface area contributed by atoms with Crippen molar-refractivity contribution in [2.24, 2.45) is 5.92 Å². The number of ether oxygens (including phenoxy) is 1. The summed E-state index contributed by atoms with van der Waals surface area (Å²) in [6, 6.07) is 6.31. The Morgan fingerprint density at radius 3 is 2.88 bits per heavy atom. The van der Waals surface area contributed by atoms with E-state index in [4.69, 9.17) is 16.3 Å². The number of benzene rings is 1. The molecule has 0 aliphatic heterocycles. The molecule has 3 rings (SSSR count). The Kier molecular flexibility index (Phi) is 5.55. The number of halogens is 4. The molecule has 1 aromatic heterocycles. The van der Waals surface area contributed by atoms with Gasteiger partial charge in [-0.2, -0.15) is 13.2 Å². The number of hydrogen-bond donors (Lipinski definition) is 1. The summed E-state index contributed by atoms with van der Waals surface area (Å²) in [5, 5.41) is 3.86. The van der Waals surface area contributed by atoms with Gasteiger partial charge in [-0.1, -0.05) is 18.0 Å². The largest absolute Gasteiger partial charge is 0.481 e. The van der Waals surface area contributed by atoms with Crippen LogP contribution in [0.2, 0.25) is 5.02 Å². The van der Waals surface area contributed by atoms with Gasteiger partial charge >= 0.3 is 6.18 Å². The molecule has 0 radical (unpaired) electrons. The van der Waals surface area contributed by atoms with Gasteiger partial charge in [-0.05, 0) is 43.5 Å². The first-order valence-electron chi connectivity index (χ1n) is 8.36. The van der Waals surface area contributed by atoms with Gasteiger partial charge in [-0.3, -0.25) is 9.78 Å². The monoisotopic (exact) mass is 386 g/mol. The van der Waals surface area contributed by atoms with Gasteiger partial charge in [0, 0.05) is 17.6 Å². The van der Waals surface area contributed by atoms with E-state index in [-0.39, 0.29) is 19.4 Å². The smallest absolute Gasteiger partial charge is 0.391 e. The molecule has 0 spiro atoms. The van der Waals surface area contributed by atoms with Crippen molar-refractivity contribution in [3.05, 3.63) is 35.5 Å². The number of carbonyl (C=O) groups excluding carboxylic acids is 1. The van der Waals surface area contributed by atoms with E-state index in [1.54, 1.807) is 30.5 Å². The number of alkyl halides is 3. The fourth-order valence-electron chi connectivity index (χ4n) is 3.26. The van der Waals surface area contributed by atoms with Crippen LogP contribution >= 0.6 is 11.6 Å². The van der Waals surface area contributed by atoms with Gasteiger partial charge in [0.25, 0.3) is 5.91 Å². The Hall–Kier alpha value is -2.02. The van der Waals surface area contributed by atoms with Crippen molar-refractivity contribution in [3.8, 4) is 5.75 Å². The van der Waals surface area contributed by atoms with Crippen molar-refractivity contribution < 1.29 is 22.7 Å². The number of pyridine rings is 1. The van der Waals surface area contributed by atoms with Crippen molar-refractivity contribution in [2.45, 2.75) is 37.9 Å².